The quantitative estimate of drug-likeness (QED) is 0.931. The predicted octanol–water partition coefficient (Wildman–Crippen LogP) is 2.48. The van der Waals surface area contributed by atoms with Crippen molar-refractivity contribution in [3.63, 3.8) is 0 Å². The van der Waals surface area contributed by atoms with Gasteiger partial charge in [-0.15, -0.1) is 0 Å². The van der Waals surface area contributed by atoms with Gasteiger partial charge in [0.15, 0.2) is 0 Å². The SMILES string of the molecule is Cc1cc(C)n(CC2CCN(C(=O)NCC(F)(F)F)CC2)n1. The smallest absolute Gasteiger partial charge is 0.329 e. The van der Waals surface area contributed by atoms with Crippen molar-refractivity contribution in [2.75, 3.05) is 19.6 Å². The minimum Gasteiger partial charge on any atom is -0.329 e. The maximum absolute atomic E-state index is 12.1. The minimum atomic E-state index is -4.37. The Morgan fingerprint density at radius 3 is 2.50 bits per heavy atom. The van der Waals surface area contributed by atoms with E-state index in [2.05, 4.69) is 5.10 Å². The average molecular weight is 318 g/mol. The standard InChI is InChI=1S/C14H21F3N4O/c1-10-7-11(2)21(19-10)8-12-3-5-20(6-4-12)13(22)18-9-14(15,16)17/h7,12H,3-6,8-9H2,1-2H3,(H,18,22). The first-order valence-electron chi connectivity index (χ1n) is 7.35. The maximum Gasteiger partial charge on any atom is 0.405 e. The molecule has 1 aromatic rings. The van der Waals surface area contributed by atoms with E-state index < -0.39 is 18.8 Å². The fourth-order valence-corrected chi connectivity index (χ4v) is 2.71. The van der Waals surface area contributed by atoms with Gasteiger partial charge in [-0.3, -0.25) is 4.68 Å². The summed E-state index contributed by atoms with van der Waals surface area (Å²) in [5.74, 6) is 0.393. The van der Waals surface area contributed by atoms with Gasteiger partial charge in [0.25, 0.3) is 0 Å². The van der Waals surface area contributed by atoms with Crippen LogP contribution in [0.15, 0.2) is 6.07 Å². The number of carbonyl (C=O) groups excluding carboxylic acids is 1. The Morgan fingerprint density at radius 1 is 1.36 bits per heavy atom. The zero-order valence-electron chi connectivity index (χ0n) is 12.8. The summed E-state index contributed by atoms with van der Waals surface area (Å²) in [6, 6.07) is 1.38. The summed E-state index contributed by atoms with van der Waals surface area (Å²) < 4.78 is 38.2. The van der Waals surface area contributed by atoms with E-state index in [1.54, 1.807) is 0 Å². The van der Waals surface area contributed by atoms with Gasteiger partial charge in [0.2, 0.25) is 0 Å². The number of urea groups is 1. The number of nitrogens with one attached hydrogen (secondary N) is 1. The van der Waals surface area contributed by atoms with Crippen LogP contribution >= 0.6 is 0 Å². The van der Waals surface area contributed by atoms with Gasteiger partial charge in [-0.2, -0.15) is 18.3 Å². The highest BCUT2D eigenvalue weighted by atomic mass is 19.4. The molecule has 0 aliphatic carbocycles. The molecule has 124 valence electrons. The number of carbonyl (C=O) groups is 1. The van der Waals surface area contributed by atoms with Gasteiger partial charge in [0.1, 0.15) is 6.54 Å². The van der Waals surface area contributed by atoms with Crippen LogP contribution in [-0.4, -0.2) is 46.5 Å². The third kappa shape index (κ3) is 4.64. The lowest BCUT2D eigenvalue weighted by Crippen LogP contribution is -2.47. The predicted molar refractivity (Wildman–Crippen MR) is 75.5 cm³/mol. The molecule has 22 heavy (non-hydrogen) atoms. The molecule has 1 saturated heterocycles. The molecule has 0 bridgehead atoms. The van der Waals surface area contributed by atoms with Crippen molar-refractivity contribution in [1.29, 1.82) is 0 Å². The van der Waals surface area contributed by atoms with Crippen molar-refractivity contribution in [3.8, 4) is 0 Å². The van der Waals surface area contributed by atoms with E-state index in [0.717, 1.165) is 30.8 Å². The van der Waals surface area contributed by atoms with Crippen LogP contribution in [0, 0.1) is 19.8 Å². The monoisotopic (exact) mass is 318 g/mol. The molecule has 1 fully saturated rings. The molecule has 0 saturated carbocycles. The van der Waals surface area contributed by atoms with E-state index in [1.807, 2.05) is 29.9 Å². The number of hydrogen-bond donors (Lipinski definition) is 1. The zero-order chi connectivity index (χ0) is 16.3. The number of nitrogens with zero attached hydrogens (tertiary/aromatic N) is 3. The first-order valence-corrected chi connectivity index (χ1v) is 7.35. The Kier molecular flexibility index (Phi) is 4.97. The molecule has 1 aliphatic rings. The lowest BCUT2D eigenvalue weighted by Gasteiger charge is -2.32. The molecular weight excluding hydrogens is 297 g/mol. The summed E-state index contributed by atoms with van der Waals surface area (Å²) in [4.78, 5) is 13.1. The number of rotatable bonds is 3. The van der Waals surface area contributed by atoms with E-state index in [4.69, 9.17) is 0 Å². The largest absolute Gasteiger partial charge is 0.405 e. The topological polar surface area (TPSA) is 50.2 Å². The summed E-state index contributed by atoms with van der Waals surface area (Å²) in [6.45, 7) is 4.41. The van der Waals surface area contributed by atoms with E-state index in [9.17, 15) is 18.0 Å². The van der Waals surface area contributed by atoms with Gasteiger partial charge in [-0.05, 0) is 38.7 Å². The lowest BCUT2D eigenvalue weighted by atomic mass is 9.97. The second-order valence-electron chi connectivity index (χ2n) is 5.81. The number of likely N-dealkylation sites (tertiary alicyclic amines) is 1. The van der Waals surface area contributed by atoms with Crippen LogP contribution in [0.5, 0.6) is 0 Å². The van der Waals surface area contributed by atoms with Crippen molar-refractivity contribution in [2.24, 2.45) is 5.92 Å². The molecule has 0 spiro atoms. The van der Waals surface area contributed by atoms with Crippen LogP contribution in [0.4, 0.5) is 18.0 Å². The minimum absolute atomic E-state index is 0.393. The van der Waals surface area contributed by atoms with E-state index in [1.165, 1.54) is 4.90 Å². The van der Waals surface area contributed by atoms with Gasteiger partial charge in [0, 0.05) is 25.3 Å². The first kappa shape index (κ1) is 16.6. The van der Waals surface area contributed by atoms with Crippen LogP contribution in [0.25, 0.3) is 0 Å². The molecule has 2 rings (SSSR count). The molecule has 1 aliphatic heterocycles. The fraction of sp³-hybridized carbons (Fsp3) is 0.714. The molecule has 1 N–H and O–H groups in total. The number of aromatic nitrogens is 2. The highest BCUT2D eigenvalue weighted by Crippen LogP contribution is 2.20. The van der Waals surface area contributed by atoms with Crippen LogP contribution in [-0.2, 0) is 6.54 Å². The Labute approximate surface area is 127 Å². The lowest BCUT2D eigenvalue weighted by molar-refractivity contribution is -0.123. The van der Waals surface area contributed by atoms with E-state index in [0.29, 0.717) is 19.0 Å². The normalized spacial score (nSPS) is 16.9. The van der Waals surface area contributed by atoms with Crippen molar-refractivity contribution in [1.82, 2.24) is 20.0 Å². The molecule has 2 amide bonds. The summed E-state index contributed by atoms with van der Waals surface area (Å²) in [6.07, 6.45) is -2.82. The van der Waals surface area contributed by atoms with Gasteiger partial charge >= 0.3 is 12.2 Å². The molecule has 0 aromatic carbocycles. The molecule has 1 aromatic heterocycles. The molecule has 2 heterocycles. The summed E-state index contributed by atoms with van der Waals surface area (Å²) >= 11 is 0. The highest BCUT2D eigenvalue weighted by Gasteiger charge is 2.30. The van der Waals surface area contributed by atoms with Crippen molar-refractivity contribution < 1.29 is 18.0 Å². The Hall–Kier alpha value is -1.73. The number of amides is 2. The fourth-order valence-electron chi connectivity index (χ4n) is 2.71. The van der Waals surface area contributed by atoms with Crippen molar-refractivity contribution >= 4 is 6.03 Å². The Bertz CT molecular complexity index is 519. The van der Waals surface area contributed by atoms with Crippen molar-refractivity contribution in [3.05, 3.63) is 17.5 Å². The summed E-state index contributed by atoms with van der Waals surface area (Å²) in [5, 5.41) is 6.33. The maximum atomic E-state index is 12.1. The molecule has 8 heteroatoms. The number of alkyl halides is 3. The first-order chi connectivity index (χ1) is 10.2. The van der Waals surface area contributed by atoms with Gasteiger partial charge in [0.05, 0.1) is 5.69 Å². The average Bonchev–Trinajstić information content (AvgIpc) is 2.74. The van der Waals surface area contributed by atoms with Gasteiger partial charge in [-0.1, -0.05) is 0 Å². The third-order valence-corrected chi connectivity index (χ3v) is 3.88. The Balaban J connectivity index is 1.78. The second kappa shape index (κ2) is 6.58. The summed E-state index contributed by atoms with van der Waals surface area (Å²) in [7, 11) is 0. The van der Waals surface area contributed by atoms with Gasteiger partial charge < -0.3 is 10.2 Å². The van der Waals surface area contributed by atoms with Crippen LogP contribution < -0.4 is 5.32 Å². The number of halogens is 3. The Morgan fingerprint density at radius 2 is 2.00 bits per heavy atom. The molecule has 5 nitrogen and oxygen atoms in total. The van der Waals surface area contributed by atoms with Crippen LogP contribution in [0.2, 0.25) is 0 Å². The number of aryl methyl sites for hydroxylation is 2. The second-order valence-corrected chi connectivity index (χ2v) is 5.81. The van der Waals surface area contributed by atoms with Gasteiger partial charge in [-0.25, -0.2) is 4.79 Å². The van der Waals surface area contributed by atoms with E-state index in [-0.39, 0.29) is 0 Å². The number of hydrogen-bond acceptors (Lipinski definition) is 2. The van der Waals surface area contributed by atoms with Crippen molar-refractivity contribution in [2.45, 2.75) is 39.4 Å². The summed E-state index contributed by atoms with van der Waals surface area (Å²) in [5.41, 5.74) is 2.07. The molecular formula is C14H21F3N4O. The number of piperidine rings is 1. The zero-order valence-corrected chi connectivity index (χ0v) is 12.8. The molecule has 0 unspecified atom stereocenters. The third-order valence-electron chi connectivity index (χ3n) is 3.88. The van der Waals surface area contributed by atoms with E-state index >= 15 is 0 Å². The molecule has 0 atom stereocenters. The highest BCUT2D eigenvalue weighted by molar-refractivity contribution is 5.74. The van der Waals surface area contributed by atoms with Crippen LogP contribution in [0.3, 0.4) is 0 Å². The van der Waals surface area contributed by atoms with Crippen LogP contribution in [0.1, 0.15) is 24.2 Å². The molecule has 0 radical (unpaired) electrons.